The van der Waals surface area contributed by atoms with Gasteiger partial charge in [-0.25, -0.2) is 14.6 Å². The summed E-state index contributed by atoms with van der Waals surface area (Å²) in [6.45, 7) is 2.66. The molecule has 1 atom stereocenters. The van der Waals surface area contributed by atoms with Crippen molar-refractivity contribution in [3.63, 3.8) is 0 Å². The van der Waals surface area contributed by atoms with E-state index in [9.17, 15) is 0 Å². The molecule has 0 aliphatic carbocycles. The standard InChI is InChI=1S/C13H14N6/c1-9-16-12-5-4-11(8-19(12)18-9)17-13-10(7-14)3-2-6-15-13/h2-3,6,11H,4-5,8H2,1H3,(H,15,17)/t11-/m1/s1. The van der Waals surface area contributed by atoms with Gasteiger partial charge in [0.2, 0.25) is 0 Å². The molecule has 0 radical (unpaired) electrons. The van der Waals surface area contributed by atoms with Crippen LogP contribution in [0.1, 0.15) is 23.6 Å². The van der Waals surface area contributed by atoms with Crippen LogP contribution in [-0.4, -0.2) is 25.8 Å². The molecule has 0 spiro atoms. The lowest BCUT2D eigenvalue weighted by Gasteiger charge is -2.24. The number of nitriles is 1. The third-order valence-electron chi connectivity index (χ3n) is 3.23. The molecule has 1 aliphatic rings. The second-order valence-corrected chi connectivity index (χ2v) is 4.65. The summed E-state index contributed by atoms with van der Waals surface area (Å²) in [6, 6.07) is 5.92. The summed E-state index contributed by atoms with van der Waals surface area (Å²) >= 11 is 0. The average molecular weight is 254 g/mol. The summed E-state index contributed by atoms with van der Waals surface area (Å²) in [5.74, 6) is 2.50. The van der Waals surface area contributed by atoms with Crippen molar-refractivity contribution in [3.8, 4) is 6.07 Å². The maximum absolute atomic E-state index is 9.05. The normalized spacial score (nSPS) is 17.6. The number of aryl methyl sites for hydroxylation is 2. The van der Waals surface area contributed by atoms with Gasteiger partial charge in [-0.1, -0.05) is 0 Å². The van der Waals surface area contributed by atoms with Crippen molar-refractivity contribution in [3.05, 3.63) is 35.5 Å². The second kappa shape index (κ2) is 4.69. The lowest BCUT2D eigenvalue weighted by Crippen LogP contribution is -2.32. The summed E-state index contributed by atoms with van der Waals surface area (Å²) < 4.78 is 1.94. The van der Waals surface area contributed by atoms with Crippen LogP contribution in [0, 0.1) is 18.3 Å². The number of aromatic nitrogens is 4. The van der Waals surface area contributed by atoms with Crippen molar-refractivity contribution >= 4 is 5.82 Å². The van der Waals surface area contributed by atoms with E-state index in [2.05, 4.69) is 26.5 Å². The van der Waals surface area contributed by atoms with E-state index in [0.29, 0.717) is 11.4 Å². The maximum Gasteiger partial charge on any atom is 0.147 e. The van der Waals surface area contributed by atoms with Gasteiger partial charge in [0.15, 0.2) is 0 Å². The highest BCUT2D eigenvalue weighted by atomic mass is 15.4. The fourth-order valence-corrected chi connectivity index (χ4v) is 2.36. The van der Waals surface area contributed by atoms with Gasteiger partial charge in [0, 0.05) is 18.7 Å². The third-order valence-corrected chi connectivity index (χ3v) is 3.23. The number of nitrogens with zero attached hydrogens (tertiary/aromatic N) is 5. The smallest absolute Gasteiger partial charge is 0.147 e. The van der Waals surface area contributed by atoms with Gasteiger partial charge in [-0.15, -0.1) is 0 Å². The van der Waals surface area contributed by atoms with Gasteiger partial charge in [0.1, 0.15) is 23.5 Å². The van der Waals surface area contributed by atoms with Crippen LogP contribution in [0.3, 0.4) is 0 Å². The first-order valence-corrected chi connectivity index (χ1v) is 6.28. The van der Waals surface area contributed by atoms with E-state index in [1.807, 2.05) is 11.6 Å². The zero-order chi connectivity index (χ0) is 13.2. The molecule has 3 rings (SSSR count). The van der Waals surface area contributed by atoms with E-state index < -0.39 is 0 Å². The van der Waals surface area contributed by atoms with Crippen molar-refractivity contribution in [1.82, 2.24) is 19.7 Å². The van der Waals surface area contributed by atoms with E-state index in [1.54, 1.807) is 18.3 Å². The molecule has 2 aromatic heterocycles. The molecule has 1 N–H and O–H groups in total. The van der Waals surface area contributed by atoms with Gasteiger partial charge >= 0.3 is 0 Å². The minimum atomic E-state index is 0.232. The van der Waals surface area contributed by atoms with E-state index in [-0.39, 0.29) is 6.04 Å². The van der Waals surface area contributed by atoms with Crippen molar-refractivity contribution in [2.24, 2.45) is 0 Å². The van der Waals surface area contributed by atoms with Crippen LogP contribution >= 0.6 is 0 Å². The van der Waals surface area contributed by atoms with Crippen LogP contribution in [-0.2, 0) is 13.0 Å². The highest BCUT2D eigenvalue weighted by molar-refractivity contribution is 5.51. The molecule has 96 valence electrons. The summed E-state index contributed by atoms with van der Waals surface area (Å²) in [6.07, 6.45) is 3.56. The monoisotopic (exact) mass is 254 g/mol. The molecule has 0 bridgehead atoms. The zero-order valence-electron chi connectivity index (χ0n) is 10.7. The number of rotatable bonds is 2. The van der Waals surface area contributed by atoms with Crippen LogP contribution in [0.2, 0.25) is 0 Å². The molecule has 0 aromatic carbocycles. The third kappa shape index (κ3) is 2.27. The fourth-order valence-electron chi connectivity index (χ4n) is 2.36. The van der Waals surface area contributed by atoms with Gasteiger partial charge in [-0.05, 0) is 25.5 Å². The number of fused-ring (bicyclic) bond motifs is 1. The van der Waals surface area contributed by atoms with Gasteiger partial charge in [0.25, 0.3) is 0 Å². The van der Waals surface area contributed by atoms with E-state index >= 15 is 0 Å². The lowest BCUT2D eigenvalue weighted by molar-refractivity contribution is 0.440. The van der Waals surface area contributed by atoms with E-state index in [0.717, 1.165) is 31.0 Å². The molecule has 0 saturated heterocycles. The van der Waals surface area contributed by atoms with Crippen molar-refractivity contribution in [2.75, 3.05) is 5.32 Å². The van der Waals surface area contributed by atoms with Crippen LogP contribution in [0.15, 0.2) is 18.3 Å². The second-order valence-electron chi connectivity index (χ2n) is 4.65. The lowest BCUT2D eigenvalue weighted by atomic mass is 10.1. The molecule has 3 heterocycles. The fraction of sp³-hybridized carbons (Fsp3) is 0.385. The highest BCUT2D eigenvalue weighted by Gasteiger charge is 2.21. The van der Waals surface area contributed by atoms with Crippen LogP contribution in [0.25, 0.3) is 0 Å². The number of pyridine rings is 1. The Kier molecular flexibility index (Phi) is 2.88. The van der Waals surface area contributed by atoms with Crippen molar-refractivity contribution in [1.29, 1.82) is 5.26 Å². The molecule has 1 aliphatic heterocycles. The number of hydrogen-bond donors (Lipinski definition) is 1. The van der Waals surface area contributed by atoms with Gasteiger partial charge in [0.05, 0.1) is 12.1 Å². The summed E-state index contributed by atoms with van der Waals surface area (Å²) in [5.41, 5.74) is 0.572. The minimum absolute atomic E-state index is 0.232. The molecular weight excluding hydrogens is 240 g/mol. The highest BCUT2D eigenvalue weighted by Crippen LogP contribution is 2.18. The molecule has 0 fully saturated rings. The minimum Gasteiger partial charge on any atom is -0.364 e. The van der Waals surface area contributed by atoms with Gasteiger partial charge in [-0.3, -0.25) is 0 Å². The Labute approximate surface area is 111 Å². The Hall–Kier alpha value is -2.42. The number of anilines is 1. The molecule has 0 saturated carbocycles. The predicted molar refractivity (Wildman–Crippen MR) is 69.4 cm³/mol. The van der Waals surface area contributed by atoms with E-state index in [1.165, 1.54) is 0 Å². The Bertz CT molecular complexity index is 639. The van der Waals surface area contributed by atoms with E-state index in [4.69, 9.17) is 5.26 Å². The van der Waals surface area contributed by atoms with Crippen LogP contribution in [0.4, 0.5) is 5.82 Å². The topological polar surface area (TPSA) is 79.4 Å². The largest absolute Gasteiger partial charge is 0.364 e. The quantitative estimate of drug-likeness (QED) is 0.873. The molecule has 2 aromatic rings. The first-order valence-electron chi connectivity index (χ1n) is 6.28. The zero-order valence-corrected chi connectivity index (χ0v) is 10.7. The average Bonchev–Trinajstić information content (AvgIpc) is 2.79. The molecule has 0 unspecified atom stereocenters. The molecular formula is C13H14N6. The number of hydrogen-bond acceptors (Lipinski definition) is 5. The molecule has 19 heavy (non-hydrogen) atoms. The SMILES string of the molecule is Cc1nc2n(n1)C[C@H](Nc1ncccc1C#N)CC2. The van der Waals surface area contributed by atoms with Crippen molar-refractivity contribution in [2.45, 2.75) is 32.4 Å². The maximum atomic E-state index is 9.05. The Balaban J connectivity index is 1.77. The first-order chi connectivity index (χ1) is 9.26. The van der Waals surface area contributed by atoms with Crippen molar-refractivity contribution < 1.29 is 0 Å². The Morgan fingerprint density at radius 2 is 2.42 bits per heavy atom. The van der Waals surface area contributed by atoms with Gasteiger partial charge in [-0.2, -0.15) is 10.4 Å². The Morgan fingerprint density at radius 3 is 3.26 bits per heavy atom. The summed E-state index contributed by atoms with van der Waals surface area (Å²) in [5, 5.41) is 16.7. The van der Waals surface area contributed by atoms with Crippen LogP contribution in [0.5, 0.6) is 0 Å². The summed E-state index contributed by atoms with van der Waals surface area (Å²) in [4.78, 5) is 8.61. The molecule has 0 amide bonds. The number of nitrogens with one attached hydrogen (secondary N) is 1. The van der Waals surface area contributed by atoms with Crippen LogP contribution < -0.4 is 5.32 Å². The summed E-state index contributed by atoms with van der Waals surface area (Å²) in [7, 11) is 0. The molecule has 6 nitrogen and oxygen atoms in total. The first kappa shape index (κ1) is 11.7. The predicted octanol–water partition coefficient (Wildman–Crippen LogP) is 1.28. The van der Waals surface area contributed by atoms with Gasteiger partial charge < -0.3 is 5.32 Å². The Morgan fingerprint density at radius 1 is 1.53 bits per heavy atom. The molecule has 6 heteroatoms.